The van der Waals surface area contributed by atoms with E-state index >= 15 is 0 Å². The first kappa shape index (κ1) is 8.60. The number of likely N-dealkylation sites (N-methyl/N-ethyl adjacent to an activating group) is 1. The van der Waals surface area contributed by atoms with E-state index < -0.39 is 0 Å². The van der Waals surface area contributed by atoms with Crippen LogP contribution in [-0.2, 0) is 0 Å². The quantitative estimate of drug-likeness (QED) is 0.654. The number of rotatable bonds is 3. The van der Waals surface area contributed by atoms with Crippen molar-refractivity contribution in [2.45, 2.75) is 19.4 Å². The number of nitrogens with one attached hydrogen (secondary N) is 1. The maximum Gasteiger partial charge on any atom is 0.0422 e. The van der Waals surface area contributed by atoms with E-state index in [1.807, 2.05) is 6.20 Å². The minimum atomic E-state index is 0.627. The normalized spacial score (nSPS) is 32.2. The van der Waals surface area contributed by atoms with Crippen molar-refractivity contribution in [2.24, 2.45) is 5.92 Å². The van der Waals surface area contributed by atoms with Crippen LogP contribution in [0.15, 0.2) is 12.8 Å². The van der Waals surface area contributed by atoms with Crippen molar-refractivity contribution in [1.82, 2.24) is 10.2 Å². The molecule has 0 aromatic carbocycles. The molecule has 1 N–H and O–H groups in total. The molecule has 0 radical (unpaired) electrons. The van der Waals surface area contributed by atoms with Crippen molar-refractivity contribution in [3.63, 3.8) is 0 Å². The van der Waals surface area contributed by atoms with Gasteiger partial charge in [0.2, 0.25) is 0 Å². The van der Waals surface area contributed by atoms with Crippen LogP contribution < -0.4 is 5.32 Å². The highest BCUT2D eigenvalue weighted by Gasteiger charge is 2.27. The minimum Gasteiger partial charge on any atom is -0.387 e. The van der Waals surface area contributed by atoms with E-state index in [-0.39, 0.29) is 0 Å². The Balaban J connectivity index is 2.43. The molecule has 1 fully saturated rings. The smallest absolute Gasteiger partial charge is 0.0422 e. The fraction of sp³-hybridized carbons (Fsp3) is 0.778. The predicted octanol–water partition coefficient (Wildman–Crippen LogP) is 1.06. The van der Waals surface area contributed by atoms with Gasteiger partial charge >= 0.3 is 0 Å². The molecule has 11 heavy (non-hydrogen) atoms. The Morgan fingerprint density at radius 2 is 2.36 bits per heavy atom. The third kappa shape index (κ3) is 1.96. The van der Waals surface area contributed by atoms with Crippen LogP contribution in [0.1, 0.15) is 13.3 Å². The van der Waals surface area contributed by atoms with Crippen LogP contribution >= 0.6 is 0 Å². The largest absolute Gasteiger partial charge is 0.387 e. The van der Waals surface area contributed by atoms with E-state index in [0.717, 1.165) is 12.5 Å². The first-order chi connectivity index (χ1) is 5.27. The Kier molecular flexibility index (Phi) is 2.94. The number of nitrogens with zero attached hydrogens (tertiary/aromatic N) is 1. The van der Waals surface area contributed by atoms with Gasteiger partial charge < -0.3 is 10.2 Å². The molecular weight excluding hydrogens is 136 g/mol. The molecule has 0 amide bonds. The van der Waals surface area contributed by atoms with Gasteiger partial charge in [0.1, 0.15) is 0 Å². The van der Waals surface area contributed by atoms with Crippen molar-refractivity contribution in [3.05, 3.63) is 12.8 Å². The molecule has 0 saturated carbocycles. The van der Waals surface area contributed by atoms with Crippen LogP contribution in [0.3, 0.4) is 0 Å². The van der Waals surface area contributed by atoms with Crippen LogP contribution in [0, 0.1) is 5.92 Å². The Hall–Kier alpha value is -0.500. The molecule has 2 nitrogen and oxygen atoms in total. The van der Waals surface area contributed by atoms with Gasteiger partial charge in [0.25, 0.3) is 0 Å². The Labute approximate surface area is 69.3 Å². The van der Waals surface area contributed by atoms with Crippen LogP contribution in [-0.4, -0.2) is 31.1 Å². The number of hydrogen-bond donors (Lipinski definition) is 1. The summed E-state index contributed by atoms with van der Waals surface area (Å²) in [5, 5.41) is 3.30. The van der Waals surface area contributed by atoms with E-state index in [4.69, 9.17) is 0 Å². The standard InChI is InChI=1S/C9H18N2/c1-4-8-6-11(3)7-9(8)10-5-2/h5,8-10H,2,4,6-7H2,1,3H3. The maximum atomic E-state index is 3.69. The van der Waals surface area contributed by atoms with Gasteiger partial charge in [-0.25, -0.2) is 0 Å². The lowest BCUT2D eigenvalue weighted by molar-refractivity contribution is 0.392. The van der Waals surface area contributed by atoms with Gasteiger partial charge in [0, 0.05) is 19.1 Å². The molecular formula is C9H18N2. The second kappa shape index (κ2) is 3.77. The van der Waals surface area contributed by atoms with Gasteiger partial charge in [-0.2, -0.15) is 0 Å². The number of hydrogen-bond acceptors (Lipinski definition) is 2. The summed E-state index contributed by atoms with van der Waals surface area (Å²) in [4.78, 5) is 2.37. The van der Waals surface area contributed by atoms with Crippen LogP contribution in [0.2, 0.25) is 0 Å². The van der Waals surface area contributed by atoms with Crippen molar-refractivity contribution in [3.8, 4) is 0 Å². The highest BCUT2D eigenvalue weighted by molar-refractivity contribution is 4.89. The monoisotopic (exact) mass is 154 g/mol. The van der Waals surface area contributed by atoms with E-state index in [0.29, 0.717) is 6.04 Å². The summed E-state index contributed by atoms with van der Waals surface area (Å²) >= 11 is 0. The van der Waals surface area contributed by atoms with E-state index in [2.05, 4.69) is 30.8 Å². The topological polar surface area (TPSA) is 15.3 Å². The molecule has 2 atom stereocenters. The second-order valence-corrected chi connectivity index (χ2v) is 3.37. The fourth-order valence-corrected chi connectivity index (χ4v) is 1.84. The molecule has 0 aliphatic carbocycles. The van der Waals surface area contributed by atoms with Gasteiger partial charge in [-0.15, -0.1) is 0 Å². The van der Waals surface area contributed by atoms with Crippen molar-refractivity contribution in [1.29, 1.82) is 0 Å². The SMILES string of the molecule is C=CNC1CN(C)CC1CC. The minimum absolute atomic E-state index is 0.627. The molecule has 1 aliphatic rings. The van der Waals surface area contributed by atoms with Crippen molar-refractivity contribution >= 4 is 0 Å². The highest BCUT2D eigenvalue weighted by Crippen LogP contribution is 2.18. The van der Waals surface area contributed by atoms with Crippen molar-refractivity contribution < 1.29 is 0 Å². The molecule has 1 heterocycles. The Morgan fingerprint density at radius 3 is 2.91 bits per heavy atom. The van der Waals surface area contributed by atoms with Gasteiger partial charge in [-0.1, -0.05) is 19.9 Å². The summed E-state index contributed by atoms with van der Waals surface area (Å²) in [5.41, 5.74) is 0. The zero-order chi connectivity index (χ0) is 8.27. The van der Waals surface area contributed by atoms with Crippen molar-refractivity contribution in [2.75, 3.05) is 20.1 Å². The number of likely N-dealkylation sites (tertiary alicyclic amines) is 1. The average Bonchev–Trinajstić information content (AvgIpc) is 2.32. The molecule has 2 heteroatoms. The summed E-state index contributed by atoms with van der Waals surface area (Å²) in [6.45, 7) is 8.32. The molecule has 1 rings (SSSR count). The van der Waals surface area contributed by atoms with E-state index in [9.17, 15) is 0 Å². The van der Waals surface area contributed by atoms with E-state index in [1.165, 1.54) is 13.0 Å². The Bertz CT molecular complexity index is 134. The van der Waals surface area contributed by atoms with Gasteiger partial charge in [-0.3, -0.25) is 0 Å². The summed E-state index contributed by atoms with van der Waals surface area (Å²) in [5.74, 6) is 0.804. The zero-order valence-electron chi connectivity index (χ0n) is 7.51. The molecule has 0 spiro atoms. The third-order valence-corrected chi connectivity index (χ3v) is 2.48. The van der Waals surface area contributed by atoms with Gasteiger partial charge in [-0.05, 0) is 19.2 Å². The summed E-state index contributed by atoms with van der Waals surface area (Å²) in [6, 6.07) is 0.627. The average molecular weight is 154 g/mol. The third-order valence-electron chi connectivity index (χ3n) is 2.48. The lowest BCUT2D eigenvalue weighted by Gasteiger charge is -2.16. The highest BCUT2D eigenvalue weighted by atomic mass is 15.2. The van der Waals surface area contributed by atoms with Crippen LogP contribution in [0.25, 0.3) is 0 Å². The zero-order valence-corrected chi connectivity index (χ0v) is 7.51. The van der Waals surface area contributed by atoms with Gasteiger partial charge in [0.05, 0.1) is 0 Å². The summed E-state index contributed by atoms with van der Waals surface area (Å²) in [6.07, 6.45) is 3.07. The summed E-state index contributed by atoms with van der Waals surface area (Å²) in [7, 11) is 2.17. The lowest BCUT2D eigenvalue weighted by atomic mass is 10.0. The predicted molar refractivity (Wildman–Crippen MR) is 48.4 cm³/mol. The molecule has 64 valence electrons. The Morgan fingerprint density at radius 1 is 1.64 bits per heavy atom. The molecule has 0 aromatic rings. The first-order valence-corrected chi connectivity index (χ1v) is 4.33. The molecule has 1 saturated heterocycles. The lowest BCUT2D eigenvalue weighted by Crippen LogP contribution is -2.31. The molecule has 1 aliphatic heterocycles. The summed E-state index contributed by atoms with van der Waals surface area (Å²) < 4.78 is 0. The van der Waals surface area contributed by atoms with E-state index in [1.54, 1.807) is 0 Å². The van der Waals surface area contributed by atoms with Crippen LogP contribution in [0.4, 0.5) is 0 Å². The molecule has 0 bridgehead atoms. The van der Waals surface area contributed by atoms with Crippen LogP contribution in [0.5, 0.6) is 0 Å². The molecule has 2 unspecified atom stereocenters. The molecule has 0 aromatic heterocycles. The second-order valence-electron chi connectivity index (χ2n) is 3.37. The fourth-order valence-electron chi connectivity index (χ4n) is 1.84. The maximum absolute atomic E-state index is 3.69. The van der Waals surface area contributed by atoms with Gasteiger partial charge in [0.15, 0.2) is 0 Å². The first-order valence-electron chi connectivity index (χ1n) is 4.33.